The second kappa shape index (κ2) is 9.34. The molecule has 0 radical (unpaired) electrons. The van der Waals surface area contributed by atoms with Crippen molar-refractivity contribution in [2.24, 2.45) is 0 Å². The molecule has 0 aliphatic carbocycles. The number of nitrogens with one attached hydrogen (secondary N) is 1. The number of piperazine rings is 1. The van der Waals surface area contributed by atoms with E-state index >= 15 is 0 Å². The highest BCUT2D eigenvalue weighted by atomic mass is 35.5. The molecule has 1 aliphatic heterocycles. The summed E-state index contributed by atoms with van der Waals surface area (Å²) in [6.07, 6.45) is 1.60. The number of hydrogen-bond donors (Lipinski definition) is 1. The maximum atomic E-state index is 12.5. The van der Waals surface area contributed by atoms with Crippen molar-refractivity contribution in [1.82, 2.24) is 9.21 Å². The minimum Gasteiger partial charge on any atom is -0.324 e. The summed E-state index contributed by atoms with van der Waals surface area (Å²) in [4.78, 5) is 14.1. The van der Waals surface area contributed by atoms with Crippen LogP contribution in [0.15, 0.2) is 60.0 Å². The number of halogens is 1. The Morgan fingerprint density at radius 2 is 1.64 bits per heavy atom. The van der Waals surface area contributed by atoms with E-state index in [0.29, 0.717) is 36.9 Å². The summed E-state index contributed by atoms with van der Waals surface area (Å²) in [5.74, 6) is -0.173. The van der Waals surface area contributed by atoms with Crippen LogP contribution in [0.2, 0.25) is 5.02 Å². The van der Waals surface area contributed by atoms with E-state index in [0.717, 1.165) is 5.56 Å². The van der Waals surface area contributed by atoms with Gasteiger partial charge in [0.2, 0.25) is 15.9 Å². The summed E-state index contributed by atoms with van der Waals surface area (Å²) in [6, 6.07) is 16.3. The Kier molecular flexibility index (Phi) is 6.85. The third-order valence-electron chi connectivity index (χ3n) is 4.44. The molecule has 0 spiro atoms. The van der Waals surface area contributed by atoms with Crippen LogP contribution in [-0.2, 0) is 14.8 Å². The quantitative estimate of drug-likeness (QED) is 0.781. The second-order valence-electron chi connectivity index (χ2n) is 6.46. The van der Waals surface area contributed by atoms with Gasteiger partial charge >= 0.3 is 0 Å². The maximum Gasteiger partial charge on any atom is 0.238 e. The number of hydrogen-bond acceptors (Lipinski definition) is 4. The lowest BCUT2D eigenvalue weighted by molar-refractivity contribution is -0.117. The van der Waals surface area contributed by atoms with Gasteiger partial charge in [-0.25, -0.2) is 8.42 Å². The Hall–Kier alpha value is -2.19. The van der Waals surface area contributed by atoms with Gasteiger partial charge in [-0.2, -0.15) is 4.31 Å². The molecule has 0 saturated carbocycles. The molecule has 8 heteroatoms. The smallest absolute Gasteiger partial charge is 0.238 e. The standard InChI is InChI=1S/C20H22ClN3O3S/c21-18-8-4-5-9-19(18)22-20(25)16-23-11-13-24(14-12-23)28(26,27)15-10-17-6-2-1-3-7-17/h1-10,15H,11-14,16H2,(H,22,25)/b15-10+. The molecule has 1 amide bonds. The normalized spacial score (nSPS) is 16.3. The number of sulfonamides is 1. The Balaban J connectivity index is 1.50. The zero-order chi connectivity index (χ0) is 20.0. The van der Waals surface area contributed by atoms with Crippen LogP contribution < -0.4 is 5.32 Å². The van der Waals surface area contributed by atoms with Gasteiger partial charge in [-0.3, -0.25) is 9.69 Å². The minimum atomic E-state index is -3.48. The Morgan fingerprint density at radius 3 is 2.32 bits per heavy atom. The van der Waals surface area contributed by atoms with Crippen LogP contribution in [0.1, 0.15) is 5.56 Å². The van der Waals surface area contributed by atoms with Gasteiger partial charge in [-0.1, -0.05) is 54.1 Å². The first-order valence-corrected chi connectivity index (χ1v) is 10.8. The van der Waals surface area contributed by atoms with Crippen molar-refractivity contribution < 1.29 is 13.2 Å². The molecule has 0 unspecified atom stereocenters. The molecule has 1 aliphatic rings. The van der Waals surface area contributed by atoms with Crippen molar-refractivity contribution in [3.05, 3.63) is 70.6 Å². The summed E-state index contributed by atoms with van der Waals surface area (Å²) in [5.41, 5.74) is 1.40. The number of nitrogens with zero attached hydrogens (tertiary/aromatic N) is 2. The number of carbonyl (C=O) groups is 1. The Labute approximate surface area is 170 Å². The predicted molar refractivity (Wildman–Crippen MR) is 112 cm³/mol. The first-order valence-electron chi connectivity index (χ1n) is 8.94. The van der Waals surface area contributed by atoms with E-state index < -0.39 is 10.0 Å². The van der Waals surface area contributed by atoms with Crippen LogP contribution in [-0.4, -0.2) is 56.3 Å². The molecule has 1 heterocycles. The van der Waals surface area contributed by atoms with Gasteiger partial charge in [-0.15, -0.1) is 0 Å². The highest BCUT2D eigenvalue weighted by Crippen LogP contribution is 2.20. The summed E-state index contributed by atoms with van der Waals surface area (Å²) in [6.45, 7) is 1.88. The van der Waals surface area contributed by atoms with Crippen molar-refractivity contribution in [2.45, 2.75) is 0 Å². The second-order valence-corrected chi connectivity index (χ2v) is 8.69. The van der Waals surface area contributed by atoms with Gasteiger partial charge in [0.1, 0.15) is 0 Å². The van der Waals surface area contributed by atoms with Crippen molar-refractivity contribution in [1.29, 1.82) is 0 Å². The number of anilines is 1. The summed E-state index contributed by atoms with van der Waals surface area (Å²) >= 11 is 6.05. The Morgan fingerprint density at radius 1 is 1.00 bits per heavy atom. The van der Waals surface area contributed by atoms with Crippen LogP contribution in [0.4, 0.5) is 5.69 Å². The lowest BCUT2D eigenvalue weighted by Gasteiger charge is -2.32. The van der Waals surface area contributed by atoms with Crippen molar-refractivity contribution in [3.63, 3.8) is 0 Å². The minimum absolute atomic E-state index is 0.173. The third kappa shape index (κ3) is 5.65. The molecule has 0 atom stereocenters. The number of para-hydroxylation sites is 1. The molecule has 0 bridgehead atoms. The summed E-state index contributed by atoms with van der Waals surface area (Å²) < 4.78 is 26.4. The number of carbonyl (C=O) groups excluding carboxylic acids is 1. The fourth-order valence-corrected chi connectivity index (χ4v) is 4.27. The van der Waals surface area contributed by atoms with Crippen LogP contribution in [0, 0.1) is 0 Å². The van der Waals surface area contributed by atoms with Gasteiger partial charge in [-0.05, 0) is 23.8 Å². The third-order valence-corrected chi connectivity index (χ3v) is 6.33. The molecule has 148 valence electrons. The average molecular weight is 420 g/mol. The number of benzene rings is 2. The molecule has 1 N–H and O–H groups in total. The van der Waals surface area contributed by atoms with Gasteiger partial charge < -0.3 is 5.32 Å². The van der Waals surface area contributed by atoms with E-state index in [9.17, 15) is 13.2 Å². The summed E-state index contributed by atoms with van der Waals surface area (Å²) in [7, 11) is -3.48. The van der Waals surface area contributed by atoms with E-state index in [1.165, 1.54) is 9.71 Å². The number of rotatable bonds is 6. The highest BCUT2D eigenvalue weighted by Gasteiger charge is 2.26. The lowest BCUT2D eigenvalue weighted by Crippen LogP contribution is -2.49. The molecule has 2 aromatic carbocycles. The molecular weight excluding hydrogens is 398 g/mol. The molecule has 6 nitrogen and oxygen atoms in total. The van der Waals surface area contributed by atoms with Crippen molar-refractivity contribution in [2.75, 3.05) is 38.0 Å². The van der Waals surface area contributed by atoms with Gasteiger partial charge in [0.05, 0.1) is 17.3 Å². The van der Waals surface area contributed by atoms with E-state index in [1.54, 1.807) is 30.3 Å². The van der Waals surface area contributed by atoms with Crippen molar-refractivity contribution in [3.8, 4) is 0 Å². The number of amides is 1. The zero-order valence-electron chi connectivity index (χ0n) is 15.3. The zero-order valence-corrected chi connectivity index (χ0v) is 16.9. The van der Waals surface area contributed by atoms with Crippen LogP contribution >= 0.6 is 11.6 Å². The highest BCUT2D eigenvalue weighted by molar-refractivity contribution is 7.92. The predicted octanol–water partition coefficient (Wildman–Crippen LogP) is 2.90. The van der Waals surface area contributed by atoms with E-state index in [1.807, 2.05) is 35.2 Å². The summed E-state index contributed by atoms with van der Waals surface area (Å²) in [5, 5.41) is 4.50. The molecule has 0 aromatic heterocycles. The molecule has 28 heavy (non-hydrogen) atoms. The first-order chi connectivity index (χ1) is 13.4. The van der Waals surface area contributed by atoms with Crippen LogP contribution in [0.5, 0.6) is 0 Å². The topological polar surface area (TPSA) is 69.7 Å². The molecule has 3 rings (SSSR count). The molecule has 1 saturated heterocycles. The largest absolute Gasteiger partial charge is 0.324 e. The van der Waals surface area contributed by atoms with Gasteiger partial charge in [0.25, 0.3) is 0 Å². The van der Waals surface area contributed by atoms with Crippen molar-refractivity contribution >= 4 is 39.3 Å². The fourth-order valence-electron chi connectivity index (χ4n) is 2.91. The maximum absolute atomic E-state index is 12.5. The molecular formula is C20H22ClN3O3S. The average Bonchev–Trinajstić information content (AvgIpc) is 2.69. The van der Waals surface area contributed by atoms with E-state index in [2.05, 4.69) is 5.32 Å². The van der Waals surface area contributed by atoms with Gasteiger partial charge in [0, 0.05) is 31.6 Å². The monoisotopic (exact) mass is 419 g/mol. The first kappa shape index (κ1) is 20.5. The van der Waals surface area contributed by atoms with E-state index in [-0.39, 0.29) is 12.5 Å². The van der Waals surface area contributed by atoms with E-state index in [4.69, 9.17) is 11.6 Å². The Bertz CT molecular complexity index is 940. The lowest BCUT2D eigenvalue weighted by atomic mass is 10.2. The van der Waals surface area contributed by atoms with Crippen LogP contribution in [0.3, 0.4) is 0 Å². The van der Waals surface area contributed by atoms with Gasteiger partial charge in [0.15, 0.2) is 0 Å². The fraction of sp³-hybridized carbons (Fsp3) is 0.250. The SMILES string of the molecule is O=C(CN1CCN(S(=O)(=O)/C=C/c2ccccc2)CC1)Nc1ccccc1Cl. The molecule has 1 fully saturated rings. The molecule has 2 aromatic rings. The van der Waals surface area contributed by atoms with Crippen LogP contribution in [0.25, 0.3) is 6.08 Å².